The lowest BCUT2D eigenvalue weighted by molar-refractivity contribution is -0.408. The fourth-order valence-electron chi connectivity index (χ4n) is 9.82. The molecule has 16 atom stereocenters. The second-order valence-corrected chi connectivity index (χ2v) is 21.4. The van der Waals surface area contributed by atoms with E-state index in [0.29, 0.717) is 17.7 Å². The van der Waals surface area contributed by atoms with Crippen LogP contribution < -0.4 is 4.74 Å². The molecule has 0 bridgehead atoms. The molecule has 3 aliphatic rings. The highest BCUT2D eigenvalue weighted by molar-refractivity contribution is 6.04. The van der Waals surface area contributed by atoms with Gasteiger partial charge in [0.1, 0.15) is 101 Å². The standard InChI is InChI=1S/C28H24O15.C16H26O15.C15H10O6/c29-9-21-23(37)26(39)28(40,25(38)11-4-17(34)22(36)18(35)5-11)27(43-21)42-20-8-13-15(32)6-12(30)7-19(13)41-24(20)10-1-2-14(31)16(33)3-10;17-1-5-8(22)10(24)12(26)14(28-5)30-16(4-20,7(21)3-19)31-15-13(27)11(25)9(23)6(2-18)29-15;16-8-4-11(18)9-6-13(20)15(21-14(9)5-8)7-1-2-10(17)12(19)3-7/h1-8,21,23,26-27,29,37,39-40H,9H2,(H6-,30,31,32,33,34,35,36,38);3-15,17-18,21-27H,1-2H2;1-6H,(H4-,16,17,18,19,20)/p+2/t21-,23-,26+,27?,28-;5-,6-,7?,8-,9-,10+,11+,12-,13-,14?,15?,16?;/m11./s1. The van der Waals surface area contributed by atoms with Crippen LogP contribution in [0.15, 0.2) is 93.8 Å². The van der Waals surface area contributed by atoms with Gasteiger partial charge in [-0.05, 0) is 36.4 Å². The second-order valence-electron chi connectivity index (χ2n) is 21.4. The first-order valence-electron chi connectivity index (χ1n) is 27.5. The van der Waals surface area contributed by atoms with Gasteiger partial charge < -0.3 is 161 Å². The summed E-state index contributed by atoms with van der Waals surface area (Å²) < 4.78 is 42.9. The molecule has 25 N–H and O–H groups in total. The van der Waals surface area contributed by atoms with E-state index in [9.17, 15) is 142 Å². The molecule has 95 heavy (non-hydrogen) atoms. The van der Waals surface area contributed by atoms with Crippen molar-refractivity contribution in [2.45, 2.75) is 104 Å². The maximum absolute atomic E-state index is 13.6. The average molecular weight is 1350 g/mol. The minimum Gasteiger partial charge on any atom is -0.507 e. The van der Waals surface area contributed by atoms with Gasteiger partial charge in [0.15, 0.2) is 71.5 Å². The number of aliphatic hydroxyl groups is 13. The Morgan fingerprint density at radius 3 is 1.39 bits per heavy atom. The molecule has 0 radical (unpaired) electrons. The molecule has 10 rings (SSSR count). The van der Waals surface area contributed by atoms with E-state index in [0.717, 1.165) is 36.4 Å². The number of phenols is 11. The topological polar surface area (TPSA) is 635 Å². The minimum absolute atomic E-state index is 0.0216. The number of carbonyl (C=O) groups is 3. The number of ketones is 1. The van der Waals surface area contributed by atoms with E-state index in [1.54, 1.807) is 0 Å². The van der Waals surface area contributed by atoms with Crippen molar-refractivity contribution in [3.05, 3.63) is 90.5 Å². The highest BCUT2D eigenvalue weighted by Crippen LogP contribution is 2.46. The van der Waals surface area contributed by atoms with Crippen molar-refractivity contribution in [3.63, 3.8) is 0 Å². The highest BCUT2D eigenvalue weighted by Gasteiger charge is 2.62. The van der Waals surface area contributed by atoms with Crippen molar-refractivity contribution < 1.29 is 179 Å². The molecule has 5 heterocycles. The van der Waals surface area contributed by atoms with Crippen molar-refractivity contribution in [1.82, 2.24) is 0 Å². The number of phenolic OH excluding ortho intramolecular Hbond substituents is 11. The number of Topliss-reactive ketones (excluding diaryl/α,β-unsaturated/α-hetero) is 1. The number of rotatable bonds is 16. The summed E-state index contributed by atoms with van der Waals surface area (Å²) in [7, 11) is 0. The largest absolute Gasteiger partial charge is 0.507 e. The molecule has 512 valence electrons. The summed E-state index contributed by atoms with van der Waals surface area (Å²) in [6.07, 6.45) is -30.0. The number of hydrogen-bond donors (Lipinski definition) is 25. The Labute approximate surface area is 529 Å². The second kappa shape index (κ2) is 28.7. The van der Waals surface area contributed by atoms with Crippen LogP contribution in [-0.2, 0) is 33.3 Å². The zero-order chi connectivity index (χ0) is 70.0. The number of hydrogen-bond acceptors (Lipinski definition) is 34. The van der Waals surface area contributed by atoms with Gasteiger partial charge in [0, 0.05) is 42.0 Å². The summed E-state index contributed by atoms with van der Waals surface area (Å²) in [4.78, 5) is 36.6. The van der Waals surface area contributed by atoms with Gasteiger partial charge in [-0.2, -0.15) is 0 Å². The van der Waals surface area contributed by atoms with Crippen LogP contribution in [0.3, 0.4) is 0 Å². The maximum Gasteiger partial charge on any atom is 0.402 e. The van der Waals surface area contributed by atoms with Crippen molar-refractivity contribution in [1.29, 1.82) is 0 Å². The first kappa shape index (κ1) is 71.5. The highest BCUT2D eigenvalue weighted by atomic mass is 16.8. The van der Waals surface area contributed by atoms with Crippen LogP contribution in [0, 0.1) is 0 Å². The quantitative estimate of drug-likeness (QED) is 0.0148. The zero-order valence-electron chi connectivity index (χ0n) is 48.2. The molecule has 3 fully saturated rings. The van der Waals surface area contributed by atoms with Crippen LogP contribution in [0.5, 0.6) is 74.7 Å². The van der Waals surface area contributed by atoms with Gasteiger partial charge in [-0.25, -0.2) is 8.83 Å². The number of ether oxygens (including phenoxy) is 6. The number of benzene rings is 5. The number of carbonyl (C=O) groups excluding carboxylic acids is 3. The predicted molar refractivity (Wildman–Crippen MR) is 307 cm³/mol. The van der Waals surface area contributed by atoms with Crippen LogP contribution in [-0.4, -0.2) is 269 Å². The lowest BCUT2D eigenvalue weighted by atomic mass is 9.80. The molecule has 5 aromatic carbocycles. The van der Waals surface area contributed by atoms with Crippen LogP contribution in [0.25, 0.3) is 44.6 Å². The Kier molecular flexibility index (Phi) is 21.6. The Bertz CT molecular complexity index is 3880. The molecule has 0 amide bonds. The molecular formula is C59H62O36+2. The molecule has 36 nitrogen and oxygen atoms in total. The van der Waals surface area contributed by atoms with E-state index < -0.39 is 175 Å². The third kappa shape index (κ3) is 14.2. The summed E-state index contributed by atoms with van der Waals surface area (Å²) in [5.41, 5.74) is -3.50. The summed E-state index contributed by atoms with van der Waals surface area (Å²) in [5, 5.41) is 249. The van der Waals surface area contributed by atoms with E-state index in [4.69, 9.17) is 37.3 Å². The Morgan fingerprint density at radius 1 is 0.505 bits per heavy atom. The van der Waals surface area contributed by atoms with Gasteiger partial charge in [-0.15, -0.1) is 0 Å². The lowest BCUT2D eigenvalue weighted by Gasteiger charge is -2.46. The van der Waals surface area contributed by atoms with Crippen molar-refractivity contribution >= 4 is 40.3 Å². The zero-order valence-corrected chi connectivity index (χ0v) is 48.2. The Hall–Kier alpha value is -9.39. The normalized spacial score (nSPS) is 27.6. The lowest BCUT2D eigenvalue weighted by Crippen LogP contribution is -2.71. The summed E-state index contributed by atoms with van der Waals surface area (Å²) in [6, 6.07) is 15.6. The number of aldehydes is 2. The molecule has 0 spiro atoms. The first-order valence-corrected chi connectivity index (χ1v) is 27.5. The fourth-order valence-corrected chi connectivity index (χ4v) is 9.82. The average Bonchev–Trinajstić information content (AvgIpc) is 0.744. The molecule has 36 heteroatoms. The van der Waals surface area contributed by atoms with Gasteiger partial charge in [0.25, 0.3) is 5.79 Å². The summed E-state index contributed by atoms with van der Waals surface area (Å²) in [5.74, 6) is -11.4. The van der Waals surface area contributed by atoms with E-state index in [2.05, 4.69) is 0 Å². The SMILES string of the molecule is O=C(c1cc(O)c(O)c(O)c1)[C@]1(O)C(Oc2cc3c(O)cc(O)cc3[o+]c2-c2ccc(O)c(O)c2)O[C@H](CO)[C@@H](O)[C@@H]1O.O=CC(O)C(C=O)(OC1O[C@H](CO)[C@@H](O)[C@H](O)[C@H]1O)OC1O[C@H](CO)[C@@H](O)[C@H](O)[C@H]1O.Oc1cc(O)c2cc(O)c(-c3ccc(O)c(O)c3)[o+]c2c1. The van der Waals surface area contributed by atoms with Gasteiger partial charge >= 0.3 is 22.7 Å². The smallest absolute Gasteiger partial charge is 0.402 e. The summed E-state index contributed by atoms with van der Waals surface area (Å²) in [6.45, 7) is -2.64. The molecule has 3 aliphatic heterocycles. The molecule has 2 aromatic heterocycles. The van der Waals surface area contributed by atoms with Crippen molar-refractivity contribution in [3.8, 4) is 97.4 Å². The van der Waals surface area contributed by atoms with Crippen LogP contribution in [0.1, 0.15) is 10.4 Å². The number of aliphatic hydroxyl groups excluding tert-OH is 12. The van der Waals surface area contributed by atoms with Gasteiger partial charge in [0.2, 0.25) is 29.2 Å². The van der Waals surface area contributed by atoms with Crippen molar-refractivity contribution in [2.75, 3.05) is 19.8 Å². The van der Waals surface area contributed by atoms with Crippen LogP contribution in [0.4, 0.5) is 0 Å². The van der Waals surface area contributed by atoms with Gasteiger partial charge in [-0.1, -0.05) is 0 Å². The number of aromatic hydroxyl groups is 12. The van der Waals surface area contributed by atoms with E-state index in [-0.39, 0.29) is 86.1 Å². The Balaban J connectivity index is 0.000000194. The molecule has 7 aromatic rings. The molecule has 0 saturated carbocycles. The van der Waals surface area contributed by atoms with Crippen LogP contribution >= 0.6 is 0 Å². The van der Waals surface area contributed by atoms with E-state index in [1.807, 2.05) is 0 Å². The third-order valence-corrected chi connectivity index (χ3v) is 15.0. The van der Waals surface area contributed by atoms with Gasteiger partial charge in [-0.3, -0.25) is 9.59 Å². The molecule has 3 saturated heterocycles. The molecule has 0 aliphatic carbocycles. The van der Waals surface area contributed by atoms with Crippen molar-refractivity contribution in [2.24, 2.45) is 0 Å². The maximum atomic E-state index is 13.6. The van der Waals surface area contributed by atoms with Crippen LogP contribution in [0.2, 0.25) is 0 Å². The monoisotopic (exact) mass is 1350 g/mol. The summed E-state index contributed by atoms with van der Waals surface area (Å²) >= 11 is 0. The number of fused-ring (bicyclic) bond motifs is 2. The Morgan fingerprint density at radius 2 is 0.947 bits per heavy atom. The third-order valence-electron chi connectivity index (χ3n) is 15.0. The van der Waals surface area contributed by atoms with Gasteiger partial charge in [0.05, 0.1) is 43.1 Å². The fraction of sp³-hybridized carbons (Fsp3) is 0.339. The molecule has 4 unspecified atom stereocenters. The first-order chi connectivity index (χ1) is 44.8. The minimum atomic E-state index is -3.23. The molecular weight excluding hydrogens is 1280 g/mol. The van der Waals surface area contributed by atoms with E-state index in [1.165, 1.54) is 36.4 Å². The van der Waals surface area contributed by atoms with E-state index >= 15 is 0 Å². The predicted octanol–water partition coefficient (Wildman–Crippen LogP) is -3.26.